The van der Waals surface area contributed by atoms with E-state index in [1.54, 1.807) is 13.1 Å². The van der Waals surface area contributed by atoms with E-state index in [2.05, 4.69) is 22.4 Å². The zero-order valence-electron chi connectivity index (χ0n) is 4.97. The Kier molecular flexibility index (Phi) is 20.7. The van der Waals surface area contributed by atoms with E-state index < -0.39 is 0 Å². The summed E-state index contributed by atoms with van der Waals surface area (Å²) in [6, 6.07) is 0. The Bertz CT molecular complexity index is 108. The van der Waals surface area contributed by atoms with E-state index in [9.17, 15) is 0 Å². The maximum Gasteiger partial charge on any atom is 0.0582 e. The van der Waals surface area contributed by atoms with Crippen LogP contribution < -0.4 is 0 Å². The monoisotopic (exact) mass is 183 g/mol. The van der Waals surface area contributed by atoms with Gasteiger partial charge in [0, 0.05) is 18.5 Å². The molecule has 0 aliphatic heterocycles. The highest BCUT2D eigenvalue weighted by molar-refractivity contribution is 7.78. The number of halogens is 2. The molecule has 0 aromatic carbocycles. The Morgan fingerprint density at radius 1 is 1.78 bits per heavy atom. The second kappa shape index (κ2) is 15.7. The minimum absolute atomic E-state index is 0.503. The van der Waals surface area contributed by atoms with Crippen molar-refractivity contribution in [3.63, 3.8) is 0 Å². The van der Waals surface area contributed by atoms with E-state index in [1.165, 1.54) is 5.54 Å². The first-order valence-electron chi connectivity index (χ1n) is 2.10. The van der Waals surface area contributed by atoms with Crippen LogP contribution in [0.25, 0.3) is 0 Å². The lowest BCUT2D eigenvalue weighted by Crippen LogP contribution is -1.48. The van der Waals surface area contributed by atoms with E-state index in [1.807, 2.05) is 0 Å². The highest BCUT2D eigenvalue weighted by Gasteiger charge is 1.56. The van der Waals surface area contributed by atoms with Gasteiger partial charge in [-0.05, 0) is 12.2 Å². The zero-order valence-corrected chi connectivity index (χ0v) is 7.30. The van der Waals surface area contributed by atoms with Crippen molar-refractivity contribution in [2.75, 3.05) is 12.9 Å². The molecule has 0 aromatic rings. The van der Waals surface area contributed by atoms with Gasteiger partial charge in [0.2, 0.25) is 0 Å². The van der Waals surface area contributed by atoms with Crippen LogP contribution in [0.5, 0.6) is 0 Å². The van der Waals surface area contributed by atoms with Gasteiger partial charge < -0.3 is 0 Å². The predicted molar refractivity (Wildman–Crippen MR) is 46.7 cm³/mol. The standard InChI is InChI=1S/C3H4Cl2.C2H3NS/c4-2-1-3-5;1-3-2-4/h1-2H,3H2;1H3. The minimum atomic E-state index is 0.503. The van der Waals surface area contributed by atoms with Gasteiger partial charge in [0.15, 0.2) is 0 Å². The number of alkyl halides is 1. The van der Waals surface area contributed by atoms with Gasteiger partial charge in [0.1, 0.15) is 0 Å². The highest BCUT2D eigenvalue weighted by Crippen LogP contribution is 1.79. The molecule has 0 saturated heterocycles. The Morgan fingerprint density at radius 3 is 2.22 bits per heavy atom. The van der Waals surface area contributed by atoms with E-state index >= 15 is 0 Å². The van der Waals surface area contributed by atoms with Crippen molar-refractivity contribution in [2.45, 2.75) is 0 Å². The van der Waals surface area contributed by atoms with Crippen molar-refractivity contribution < 1.29 is 0 Å². The molecule has 0 aliphatic carbocycles. The maximum atomic E-state index is 5.13. The normalized spacial score (nSPS) is 7.44. The number of aliphatic imine (C=N–C) groups is 1. The summed E-state index contributed by atoms with van der Waals surface area (Å²) in [5.41, 5.74) is 1.40. The summed E-state index contributed by atoms with van der Waals surface area (Å²) in [6.07, 6.45) is 1.66. The van der Waals surface area contributed by atoms with Crippen molar-refractivity contribution in [2.24, 2.45) is 4.99 Å². The van der Waals surface area contributed by atoms with Gasteiger partial charge in [0.05, 0.1) is 5.16 Å². The van der Waals surface area contributed by atoms with Crippen molar-refractivity contribution in [1.82, 2.24) is 0 Å². The van der Waals surface area contributed by atoms with Gasteiger partial charge in [0.25, 0.3) is 0 Å². The second-order valence-corrected chi connectivity index (χ2v) is 1.57. The van der Waals surface area contributed by atoms with Crippen LogP contribution in [0.1, 0.15) is 0 Å². The van der Waals surface area contributed by atoms with Crippen LogP contribution in [-0.4, -0.2) is 18.1 Å². The van der Waals surface area contributed by atoms with Crippen molar-refractivity contribution in [1.29, 1.82) is 0 Å². The third-order valence-corrected chi connectivity index (χ3v) is 0.808. The van der Waals surface area contributed by atoms with Crippen LogP contribution in [0.3, 0.4) is 0 Å². The van der Waals surface area contributed by atoms with Crippen molar-refractivity contribution in [3.8, 4) is 0 Å². The fraction of sp³-hybridized carbons (Fsp3) is 0.400. The van der Waals surface area contributed by atoms with Crippen LogP contribution in [-0.2, 0) is 0 Å². The largest absolute Gasteiger partial charge is 0.236 e. The van der Waals surface area contributed by atoms with Gasteiger partial charge in [-0.2, -0.15) is 0 Å². The van der Waals surface area contributed by atoms with E-state index in [0.717, 1.165) is 0 Å². The molecule has 0 aliphatic rings. The summed E-state index contributed by atoms with van der Waals surface area (Å²) >= 11 is 14.3. The Hall–Kier alpha value is 0.120. The van der Waals surface area contributed by atoms with Crippen LogP contribution in [0.2, 0.25) is 0 Å². The maximum absolute atomic E-state index is 5.13. The summed E-state index contributed by atoms with van der Waals surface area (Å²) in [7, 11) is 1.59. The molecule has 0 rings (SSSR count). The molecule has 1 nitrogen and oxygen atoms in total. The van der Waals surface area contributed by atoms with E-state index in [4.69, 9.17) is 23.2 Å². The van der Waals surface area contributed by atoms with Gasteiger partial charge in [-0.25, -0.2) is 4.99 Å². The van der Waals surface area contributed by atoms with Gasteiger partial charge in [-0.1, -0.05) is 17.7 Å². The fourth-order valence-electron chi connectivity index (χ4n) is 0.0337. The summed E-state index contributed by atoms with van der Waals surface area (Å²) in [5, 5.41) is 2.14. The first-order valence-corrected chi connectivity index (χ1v) is 3.48. The van der Waals surface area contributed by atoms with E-state index in [0.29, 0.717) is 5.88 Å². The predicted octanol–water partition coefficient (Wildman–Crippen LogP) is 2.70. The molecular formula is C5H7Cl2NS. The van der Waals surface area contributed by atoms with Gasteiger partial charge in [-0.15, -0.1) is 11.6 Å². The van der Waals surface area contributed by atoms with Crippen LogP contribution in [0.15, 0.2) is 16.6 Å². The highest BCUT2D eigenvalue weighted by atomic mass is 35.5. The smallest absolute Gasteiger partial charge is 0.0582 e. The van der Waals surface area contributed by atoms with Crippen LogP contribution in [0, 0.1) is 0 Å². The Morgan fingerprint density at radius 2 is 2.22 bits per heavy atom. The molecule has 0 N–H and O–H groups in total. The molecule has 0 unspecified atom stereocenters. The van der Waals surface area contributed by atoms with Crippen LogP contribution >= 0.6 is 35.4 Å². The number of allylic oxidation sites excluding steroid dienone is 1. The quantitative estimate of drug-likeness (QED) is 0.346. The summed E-state index contributed by atoms with van der Waals surface area (Å²) in [4.78, 5) is 3.30. The topological polar surface area (TPSA) is 12.4 Å². The molecule has 0 aromatic heterocycles. The lowest BCUT2D eigenvalue weighted by molar-refractivity contribution is 1.49. The molecular weight excluding hydrogens is 177 g/mol. The first kappa shape index (κ1) is 11.9. The minimum Gasteiger partial charge on any atom is -0.236 e. The number of nitrogens with zero attached hydrogens (tertiary/aromatic N) is 1. The molecule has 4 heteroatoms. The van der Waals surface area contributed by atoms with Crippen molar-refractivity contribution in [3.05, 3.63) is 11.6 Å². The third kappa shape index (κ3) is 31.2. The zero-order chi connectivity index (χ0) is 7.54. The third-order valence-electron chi connectivity index (χ3n) is 0.269. The second-order valence-electron chi connectivity index (χ2n) is 0.831. The molecule has 0 spiro atoms. The molecule has 0 radical (unpaired) electrons. The Labute approximate surface area is 70.4 Å². The fourth-order valence-corrected chi connectivity index (χ4v) is 0.303. The van der Waals surface area contributed by atoms with Crippen molar-refractivity contribution >= 4 is 40.6 Å². The number of hydrogen-bond acceptors (Lipinski definition) is 2. The molecule has 0 heterocycles. The van der Waals surface area contributed by atoms with Gasteiger partial charge in [-0.3, -0.25) is 0 Å². The lowest BCUT2D eigenvalue weighted by Gasteiger charge is -1.61. The molecule has 0 amide bonds. The molecule has 0 bridgehead atoms. The van der Waals surface area contributed by atoms with E-state index in [-0.39, 0.29) is 0 Å². The average molecular weight is 184 g/mol. The molecule has 0 fully saturated rings. The summed E-state index contributed by atoms with van der Waals surface area (Å²) in [5.74, 6) is 0.503. The number of isothiocyanates is 1. The number of thiocarbonyl (C=S) groups is 1. The molecule has 0 atom stereocenters. The number of rotatable bonds is 1. The SMILES string of the molecule is CN=C=S.ClC=CCCl. The first-order chi connectivity index (χ1) is 4.33. The average Bonchev–Trinajstić information content (AvgIpc) is 1.91. The lowest BCUT2D eigenvalue weighted by atomic mass is 10.8. The van der Waals surface area contributed by atoms with Gasteiger partial charge >= 0.3 is 0 Å². The molecule has 0 saturated carbocycles. The Balaban J connectivity index is 0. The molecule has 52 valence electrons. The summed E-state index contributed by atoms with van der Waals surface area (Å²) < 4.78 is 0. The van der Waals surface area contributed by atoms with Crippen LogP contribution in [0.4, 0.5) is 0 Å². The molecule has 9 heavy (non-hydrogen) atoms. The summed E-state index contributed by atoms with van der Waals surface area (Å²) in [6.45, 7) is 0. The number of hydrogen-bond donors (Lipinski definition) is 0.